The number of sulfonamides is 1. The third-order valence-electron chi connectivity index (χ3n) is 3.30. The first kappa shape index (κ1) is 17.3. The van der Waals surface area contributed by atoms with Crippen LogP contribution in [0.3, 0.4) is 0 Å². The molecular formula is C16H12BrFN4O2S. The third kappa shape index (κ3) is 4.12. The first-order chi connectivity index (χ1) is 12.0. The lowest BCUT2D eigenvalue weighted by molar-refractivity contribution is 0.584. The molecule has 3 aromatic rings. The Bertz CT molecular complexity index is 999. The second kappa shape index (κ2) is 7.16. The fourth-order valence-corrected chi connectivity index (χ4v) is 3.13. The lowest BCUT2D eigenvalue weighted by atomic mass is 10.1. The van der Waals surface area contributed by atoms with Crippen LogP contribution in [-0.4, -0.2) is 24.8 Å². The number of aromatic amines is 1. The van der Waals surface area contributed by atoms with Crippen LogP contribution in [-0.2, 0) is 10.0 Å². The highest BCUT2D eigenvalue weighted by molar-refractivity contribution is 9.10. The zero-order chi connectivity index (χ0) is 17.9. The van der Waals surface area contributed by atoms with Gasteiger partial charge in [0.05, 0.1) is 23.0 Å². The molecule has 0 saturated heterocycles. The van der Waals surface area contributed by atoms with E-state index in [1.165, 1.54) is 36.7 Å². The van der Waals surface area contributed by atoms with E-state index >= 15 is 0 Å². The lowest BCUT2D eigenvalue weighted by Crippen LogP contribution is -2.18. The number of benzene rings is 2. The van der Waals surface area contributed by atoms with Crippen molar-refractivity contribution in [2.45, 2.75) is 4.90 Å². The van der Waals surface area contributed by atoms with Gasteiger partial charge in [0.25, 0.3) is 10.0 Å². The average molecular weight is 423 g/mol. The van der Waals surface area contributed by atoms with Crippen molar-refractivity contribution in [2.75, 3.05) is 0 Å². The summed E-state index contributed by atoms with van der Waals surface area (Å²) >= 11 is 3.25. The zero-order valence-corrected chi connectivity index (χ0v) is 15.1. The molecule has 6 nitrogen and oxygen atoms in total. The molecule has 0 fully saturated rings. The molecule has 9 heteroatoms. The van der Waals surface area contributed by atoms with Crippen LogP contribution in [0.1, 0.15) is 5.56 Å². The molecule has 1 aromatic heterocycles. The molecule has 0 aliphatic rings. The highest BCUT2D eigenvalue weighted by atomic mass is 79.9. The minimum Gasteiger partial charge on any atom is -0.277 e. The number of rotatable bonds is 5. The van der Waals surface area contributed by atoms with Crippen molar-refractivity contribution in [1.29, 1.82) is 0 Å². The van der Waals surface area contributed by atoms with Gasteiger partial charge in [0, 0.05) is 15.6 Å². The number of aromatic nitrogens is 2. The standard InChI is InChI=1S/C16H12BrFN4O2S/c17-13-3-7-15(8-4-13)25(23,24)22-20-10-12-9-19-21-16(12)11-1-5-14(18)6-2-11/h1-10,22H,(H,19,21)/b20-10+. The molecule has 0 unspecified atom stereocenters. The highest BCUT2D eigenvalue weighted by Gasteiger charge is 2.12. The van der Waals surface area contributed by atoms with Gasteiger partial charge in [-0.15, -0.1) is 0 Å². The Kier molecular flexibility index (Phi) is 4.95. The van der Waals surface area contributed by atoms with Crippen LogP contribution in [0, 0.1) is 5.82 Å². The number of hydrazone groups is 1. The van der Waals surface area contributed by atoms with E-state index in [9.17, 15) is 12.8 Å². The summed E-state index contributed by atoms with van der Waals surface area (Å²) in [6.07, 6.45) is 2.83. The van der Waals surface area contributed by atoms with Crippen LogP contribution in [0.5, 0.6) is 0 Å². The Morgan fingerprint density at radius 2 is 1.80 bits per heavy atom. The minimum atomic E-state index is -3.76. The summed E-state index contributed by atoms with van der Waals surface area (Å²) < 4.78 is 38.1. The average Bonchev–Trinajstić information content (AvgIpc) is 3.04. The fraction of sp³-hybridized carbons (Fsp3) is 0. The molecule has 128 valence electrons. The molecule has 0 amide bonds. The van der Waals surface area contributed by atoms with Crippen molar-refractivity contribution in [2.24, 2.45) is 5.10 Å². The maximum absolute atomic E-state index is 13.0. The molecule has 25 heavy (non-hydrogen) atoms. The van der Waals surface area contributed by atoms with E-state index in [1.807, 2.05) is 0 Å². The van der Waals surface area contributed by atoms with Gasteiger partial charge in [0.2, 0.25) is 0 Å². The first-order valence-corrected chi connectivity index (χ1v) is 9.33. The Morgan fingerprint density at radius 3 is 2.48 bits per heavy atom. The van der Waals surface area contributed by atoms with E-state index in [0.717, 1.165) is 4.47 Å². The number of nitrogens with one attached hydrogen (secondary N) is 2. The van der Waals surface area contributed by atoms with Crippen molar-refractivity contribution < 1.29 is 12.8 Å². The Balaban J connectivity index is 1.78. The van der Waals surface area contributed by atoms with Crippen molar-refractivity contribution in [3.63, 3.8) is 0 Å². The van der Waals surface area contributed by atoms with Crippen LogP contribution < -0.4 is 4.83 Å². The predicted molar refractivity (Wildman–Crippen MR) is 96.0 cm³/mol. The fourth-order valence-electron chi connectivity index (χ4n) is 2.07. The molecule has 3 rings (SSSR count). The largest absolute Gasteiger partial charge is 0.277 e. The Hall–Kier alpha value is -2.52. The SMILES string of the molecule is O=S(=O)(N/N=C/c1cn[nH]c1-c1ccc(F)cc1)c1ccc(Br)cc1. The van der Waals surface area contributed by atoms with Gasteiger partial charge < -0.3 is 0 Å². The third-order valence-corrected chi connectivity index (χ3v) is 5.07. The monoisotopic (exact) mass is 422 g/mol. The molecule has 0 radical (unpaired) electrons. The molecule has 0 aliphatic carbocycles. The molecule has 0 bridgehead atoms. The van der Waals surface area contributed by atoms with Crippen LogP contribution in [0.15, 0.2) is 69.2 Å². The van der Waals surface area contributed by atoms with Crippen molar-refractivity contribution in [1.82, 2.24) is 15.0 Å². The topological polar surface area (TPSA) is 87.2 Å². The smallest absolute Gasteiger partial charge is 0.276 e. The normalized spacial score (nSPS) is 11.8. The summed E-state index contributed by atoms with van der Waals surface area (Å²) in [6, 6.07) is 12.0. The highest BCUT2D eigenvalue weighted by Crippen LogP contribution is 2.20. The summed E-state index contributed by atoms with van der Waals surface area (Å²) in [4.78, 5) is 2.24. The van der Waals surface area contributed by atoms with Gasteiger partial charge in [-0.3, -0.25) is 5.10 Å². The Morgan fingerprint density at radius 1 is 1.12 bits per heavy atom. The summed E-state index contributed by atoms with van der Waals surface area (Å²) in [5, 5.41) is 10.5. The quantitative estimate of drug-likeness (QED) is 0.488. The van der Waals surface area contributed by atoms with Crippen LogP contribution >= 0.6 is 15.9 Å². The summed E-state index contributed by atoms with van der Waals surface area (Å²) in [5.41, 5.74) is 1.87. The van der Waals surface area contributed by atoms with Gasteiger partial charge in [-0.25, -0.2) is 9.22 Å². The zero-order valence-electron chi connectivity index (χ0n) is 12.6. The second-order valence-corrected chi connectivity index (χ2v) is 7.59. The maximum Gasteiger partial charge on any atom is 0.276 e. The lowest BCUT2D eigenvalue weighted by Gasteiger charge is -2.03. The van der Waals surface area contributed by atoms with Gasteiger partial charge in [0.1, 0.15) is 5.82 Å². The minimum absolute atomic E-state index is 0.0961. The molecule has 2 aromatic carbocycles. The number of halogens is 2. The van der Waals surface area contributed by atoms with Crippen LogP contribution in [0.2, 0.25) is 0 Å². The molecule has 0 atom stereocenters. The van der Waals surface area contributed by atoms with E-state index < -0.39 is 10.0 Å². The maximum atomic E-state index is 13.0. The van der Waals surface area contributed by atoms with E-state index in [2.05, 4.69) is 36.1 Å². The van der Waals surface area contributed by atoms with Gasteiger partial charge >= 0.3 is 0 Å². The van der Waals surface area contributed by atoms with E-state index in [1.54, 1.807) is 24.3 Å². The number of H-pyrrole nitrogens is 1. The summed E-state index contributed by atoms with van der Waals surface area (Å²) in [7, 11) is -3.76. The van der Waals surface area contributed by atoms with Crippen LogP contribution in [0.25, 0.3) is 11.3 Å². The Labute approximate surface area is 152 Å². The molecule has 0 spiro atoms. The van der Waals surface area contributed by atoms with E-state index in [-0.39, 0.29) is 10.7 Å². The van der Waals surface area contributed by atoms with E-state index in [4.69, 9.17) is 0 Å². The molecule has 0 saturated carbocycles. The predicted octanol–water partition coefficient (Wildman–Crippen LogP) is 3.29. The van der Waals surface area contributed by atoms with Crippen molar-refractivity contribution >= 4 is 32.2 Å². The second-order valence-electron chi connectivity index (χ2n) is 5.01. The van der Waals surface area contributed by atoms with Crippen LogP contribution in [0.4, 0.5) is 4.39 Å². The van der Waals surface area contributed by atoms with Crippen molar-refractivity contribution in [3.8, 4) is 11.3 Å². The first-order valence-electron chi connectivity index (χ1n) is 7.05. The van der Waals surface area contributed by atoms with Gasteiger partial charge in [-0.05, 0) is 48.5 Å². The van der Waals surface area contributed by atoms with Crippen molar-refractivity contribution in [3.05, 3.63) is 70.6 Å². The molecule has 2 N–H and O–H groups in total. The number of nitrogens with zero attached hydrogens (tertiary/aromatic N) is 2. The summed E-state index contributed by atoms with van der Waals surface area (Å²) in [6.45, 7) is 0. The molecular weight excluding hydrogens is 411 g/mol. The molecule has 1 heterocycles. The molecule has 0 aliphatic heterocycles. The number of hydrogen-bond acceptors (Lipinski definition) is 4. The van der Waals surface area contributed by atoms with Gasteiger partial charge in [0.15, 0.2) is 0 Å². The summed E-state index contributed by atoms with van der Waals surface area (Å²) in [5.74, 6) is -0.347. The van der Waals surface area contributed by atoms with E-state index in [0.29, 0.717) is 16.8 Å². The van der Waals surface area contributed by atoms with Gasteiger partial charge in [-0.1, -0.05) is 15.9 Å². The number of hydrogen-bond donors (Lipinski definition) is 2. The van der Waals surface area contributed by atoms with Gasteiger partial charge in [-0.2, -0.15) is 18.6 Å².